The Balaban J connectivity index is 1.56. The number of nitrogens with one attached hydrogen (secondary N) is 1. The molecule has 0 aliphatic heterocycles. The molecule has 0 bridgehead atoms. The first-order chi connectivity index (χ1) is 13.4. The van der Waals surface area contributed by atoms with E-state index in [0.29, 0.717) is 11.7 Å². The summed E-state index contributed by atoms with van der Waals surface area (Å²) in [7, 11) is 0. The second kappa shape index (κ2) is 8.12. The minimum absolute atomic E-state index is 0.484. The van der Waals surface area contributed by atoms with Crippen molar-refractivity contribution in [1.29, 1.82) is 0 Å². The van der Waals surface area contributed by atoms with Crippen LogP contribution in [0, 0.1) is 0 Å². The molecule has 0 atom stereocenters. The lowest BCUT2D eigenvalue weighted by Gasteiger charge is -2.07. The van der Waals surface area contributed by atoms with E-state index in [-0.39, 0.29) is 0 Å². The zero-order chi connectivity index (χ0) is 19.8. The lowest BCUT2D eigenvalue weighted by molar-refractivity contribution is 0.867. The summed E-state index contributed by atoms with van der Waals surface area (Å²) in [4.78, 5) is 11.1. The molecule has 4 aromatic rings. The molecule has 0 radical (unpaired) electrons. The molecule has 0 aliphatic rings. The summed E-state index contributed by atoms with van der Waals surface area (Å²) in [6, 6.07) is 10.4. The molecule has 3 N–H and O–H groups in total. The first kappa shape index (κ1) is 19.8. The van der Waals surface area contributed by atoms with Gasteiger partial charge in [0.1, 0.15) is 20.0 Å². The quantitative estimate of drug-likeness (QED) is 0.286. The fourth-order valence-corrected chi connectivity index (χ4v) is 6.14. The predicted octanol–water partition coefficient (Wildman–Crippen LogP) is 7.86. The molecule has 3 heterocycles. The van der Waals surface area contributed by atoms with Crippen molar-refractivity contribution in [3.8, 4) is 20.5 Å². The maximum absolute atomic E-state index is 6.17. The first-order valence-corrected chi connectivity index (χ1v) is 12.1. The molecule has 0 fully saturated rings. The Labute approximate surface area is 188 Å². The van der Waals surface area contributed by atoms with Crippen molar-refractivity contribution in [2.45, 2.75) is 19.8 Å². The van der Waals surface area contributed by atoms with Crippen molar-refractivity contribution in [1.82, 2.24) is 9.97 Å². The Morgan fingerprint density at radius 2 is 1.89 bits per heavy atom. The molecule has 0 aliphatic carbocycles. The normalized spacial score (nSPS) is 11.3. The van der Waals surface area contributed by atoms with Gasteiger partial charge >= 0.3 is 0 Å². The number of nitrogen functional groups attached to an aromatic ring is 1. The predicted molar refractivity (Wildman–Crippen MR) is 127 cm³/mol. The Morgan fingerprint density at radius 1 is 1.14 bits per heavy atom. The van der Waals surface area contributed by atoms with Crippen LogP contribution in [0.25, 0.3) is 20.5 Å². The SMILES string of the molecule is CC(C)c1ccc(Nc2nc(N)c(-c3nc(-c4cc(Br)c(Cl)s4)cs3)s2)cc1. The molecule has 0 amide bonds. The summed E-state index contributed by atoms with van der Waals surface area (Å²) in [5.74, 6) is 0.992. The lowest BCUT2D eigenvalue weighted by Crippen LogP contribution is -1.92. The van der Waals surface area contributed by atoms with E-state index < -0.39 is 0 Å². The number of thiazole rings is 2. The summed E-state index contributed by atoms with van der Waals surface area (Å²) >= 11 is 14.1. The van der Waals surface area contributed by atoms with Crippen LogP contribution in [0.3, 0.4) is 0 Å². The fourth-order valence-electron chi connectivity index (χ4n) is 2.58. The van der Waals surface area contributed by atoms with E-state index in [0.717, 1.165) is 40.1 Å². The van der Waals surface area contributed by atoms with Crippen LogP contribution in [0.4, 0.5) is 16.6 Å². The molecule has 0 saturated carbocycles. The Morgan fingerprint density at radius 3 is 2.54 bits per heavy atom. The van der Waals surface area contributed by atoms with Crippen molar-refractivity contribution in [2.24, 2.45) is 0 Å². The monoisotopic (exact) mass is 510 g/mol. The fraction of sp³-hybridized carbons (Fsp3) is 0.158. The average Bonchev–Trinajstić information content (AvgIpc) is 3.35. The van der Waals surface area contributed by atoms with Gasteiger partial charge in [0.15, 0.2) is 5.13 Å². The molecule has 3 aromatic heterocycles. The Bertz CT molecular complexity index is 1100. The number of thiophene rings is 1. The van der Waals surface area contributed by atoms with Gasteiger partial charge in [-0.1, -0.05) is 48.9 Å². The maximum atomic E-state index is 6.17. The van der Waals surface area contributed by atoms with Crippen molar-refractivity contribution in [2.75, 3.05) is 11.1 Å². The number of nitrogens with zero attached hydrogens (tertiary/aromatic N) is 2. The van der Waals surface area contributed by atoms with Gasteiger partial charge in [0.2, 0.25) is 0 Å². The van der Waals surface area contributed by atoms with Gasteiger partial charge in [-0.3, -0.25) is 0 Å². The van der Waals surface area contributed by atoms with Gasteiger partial charge in [-0.25, -0.2) is 9.97 Å². The third-order valence-electron chi connectivity index (χ3n) is 4.08. The van der Waals surface area contributed by atoms with E-state index in [1.54, 1.807) is 11.3 Å². The summed E-state index contributed by atoms with van der Waals surface area (Å²) in [6.07, 6.45) is 0. The maximum Gasteiger partial charge on any atom is 0.189 e. The summed E-state index contributed by atoms with van der Waals surface area (Å²) < 4.78 is 1.60. The van der Waals surface area contributed by atoms with Crippen LogP contribution in [0.15, 0.2) is 40.2 Å². The molecular weight excluding hydrogens is 496 g/mol. The van der Waals surface area contributed by atoms with Gasteiger partial charge in [0, 0.05) is 15.5 Å². The molecule has 4 nitrogen and oxygen atoms in total. The van der Waals surface area contributed by atoms with Gasteiger partial charge in [0.05, 0.1) is 10.6 Å². The van der Waals surface area contributed by atoms with Crippen molar-refractivity contribution < 1.29 is 0 Å². The molecule has 28 heavy (non-hydrogen) atoms. The highest BCUT2D eigenvalue weighted by Crippen LogP contribution is 2.42. The summed E-state index contributed by atoms with van der Waals surface area (Å²) in [5.41, 5.74) is 9.35. The standard InChI is InChI=1S/C19H16BrClN4S3/c1-9(2)10-3-5-11(6-4-10)23-19-25-17(22)15(28-19)18-24-13(8-26-18)14-7-12(20)16(21)27-14/h3-9H,22H2,1-2H3,(H,23,25). The number of anilines is 3. The van der Waals surface area contributed by atoms with Crippen LogP contribution in [0.1, 0.15) is 25.3 Å². The second-order valence-corrected chi connectivity index (χ2v) is 10.8. The molecular formula is C19H16BrClN4S3. The molecule has 1 aromatic carbocycles. The number of hydrogen-bond acceptors (Lipinski definition) is 7. The molecule has 0 saturated heterocycles. The minimum atomic E-state index is 0.484. The number of halogens is 2. The third-order valence-corrected chi connectivity index (χ3v) is 8.56. The van der Waals surface area contributed by atoms with E-state index in [4.69, 9.17) is 22.3 Å². The van der Waals surface area contributed by atoms with E-state index in [2.05, 4.69) is 64.3 Å². The molecule has 4 rings (SSSR count). The van der Waals surface area contributed by atoms with Crippen LogP contribution >= 0.6 is 61.5 Å². The molecule has 9 heteroatoms. The zero-order valence-electron chi connectivity index (χ0n) is 15.0. The van der Waals surface area contributed by atoms with Gasteiger partial charge in [-0.15, -0.1) is 22.7 Å². The third kappa shape index (κ3) is 4.11. The van der Waals surface area contributed by atoms with Crippen LogP contribution in [0.5, 0.6) is 0 Å². The molecule has 0 unspecified atom stereocenters. The number of aromatic nitrogens is 2. The summed E-state index contributed by atoms with van der Waals surface area (Å²) in [5, 5.41) is 6.96. The van der Waals surface area contributed by atoms with E-state index in [9.17, 15) is 0 Å². The second-order valence-electron chi connectivity index (χ2n) is 6.41. The first-order valence-electron chi connectivity index (χ1n) is 8.45. The van der Waals surface area contributed by atoms with Gasteiger partial charge in [-0.05, 0) is 45.6 Å². The number of rotatable bonds is 5. The van der Waals surface area contributed by atoms with Crippen LogP contribution in [-0.4, -0.2) is 9.97 Å². The Hall–Kier alpha value is -1.45. The van der Waals surface area contributed by atoms with E-state index in [1.165, 1.54) is 28.2 Å². The van der Waals surface area contributed by atoms with E-state index >= 15 is 0 Å². The number of benzene rings is 1. The number of nitrogens with two attached hydrogens (primary N) is 1. The van der Waals surface area contributed by atoms with Crippen molar-refractivity contribution in [3.05, 3.63) is 50.1 Å². The highest BCUT2D eigenvalue weighted by Gasteiger charge is 2.16. The topological polar surface area (TPSA) is 63.8 Å². The van der Waals surface area contributed by atoms with Crippen LogP contribution in [-0.2, 0) is 0 Å². The largest absolute Gasteiger partial charge is 0.382 e. The zero-order valence-corrected chi connectivity index (χ0v) is 19.8. The van der Waals surface area contributed by atoms with Crippen molar-refractivity contribution >= 4 is 78.2 Å². The van der Waals surface area contributed by atoms with Gasteiger partial charge < -0.3 is 11.1 Å². The highest BCUT2D eigenvalue weighted by atomic mass is 79.9. The van der Waals surface area contributed by atoms with Gasteiger partial charge in [0.25, 0.3) is 0 Å². The Kier molecular flexibility index (Phi) is 5.76. The van der Waals surface area contributed by atoms with Gasteiger partial charge in [-0.2, -0.15) is 0 Å². The van der Waals surface area contributed by atoms with Crippen LogP contribution < -0.4 is 11.1 Å². The smallest absolute Gasteiger partial charge is 0.189 e. The average molecular weight is 512 g/mol. The minimum Gasteiger partial charge on any atom is -0.382 e. The summed E-state index contributed by atoms with van der Waals surface area (Å²) in [6.45, 7) is 4.36. The molecule has 144 valence electrons. The van der Waals surface area contributed by atoms with Crippen LogP contribution in [0.2, 0.25) is 4.34 Å². The molecule has 0 spiro atoms. The lowest BCUT2D eigenvalue weighted by atomic mass is 10.0. The van der Waals surface area contributed by atoms with Crippen molar-refractivity contribution in [3.63, 3.8) is 0 Å². The van der Waals surface area contributed by atoms with E-state index in [1.807, 2.05) is 11.4 Å². The highest BCUT2D eigenvalue weighted by molar-refractivity contribution is 9.10. The number of hydrogen-bond donors (Lipinski definition) is 2.